The highest BCUT2D eigenvalue weighted by Gasteiger charge is 2.16. The van der Waals surface area contributed by atoms with Crippen molar-refractivity contribution in [3.63, 3.8) is 0 Å². The third-order valence-electron chi connectivity index (χ3n) is 2.55. The number of anilines is 1. The van der Waals surface area contributed by atoms with Gasteiger partial charge in [0, 0.05) is 9.37 Å². The number of sulfonamides is 1. The van der Waals surface area contributed by atoms with E-state index in [-0.39, 0.29) is 10.6 Å². The normalized spacial score (nSPS) is 11.3. The van der Waals surface area contributed by atoms with E-state index in [0.29, 0.717) is 4.47 Å². The summed E-state index contributed by atoms with van der Waals surface area (Å²) in [5, 5.41) is 0. The average Bonchev–Trinajstić information content (AvgIpc) is 2.42. The van der Waals surface area contributed by atoms with Crippen molar-refractivity contribution in [1.29, 1.82) is 0 Å². The van der Waals surface area contributed by atoms with Crippen molar-refractivity contribution in [1.82, 2.24) is 0 Å². The van der Waals surface area contributed by atoms with Gasteiger partial charge < -0.3 is 0 Å². The van der Waals surface area contributed by atoms with Crippen LogP contribution in [0.1, 0.15) is 0 Å². The zero-order valence-corrected chi connectivity index (χ0v) is 13.6. The topological polar surface area (TPSA) is 46.2 Å². The van der Waals surface area contributed by atoms with Gasteiger partial charge in [0.25, 0.3) is 10.0 Å². The molecule has 0 amide bonds. The molecular weight excluding hydrogens is 365 g/mol. The van der Waals surface area contributed by atoms with Crippen molar-refractivity contribution in [2.75, 3.05) is 11.0 Å². The monoisotopic (exact) mass is 375 g/mol. The Kier molecular flexibility index (Phi) is 4.72. The number of nitrogens with one attached hydrogen (secondary N) is 1. The molecule has 0 atom stereocenters. The van der Waals surface area contributed by atoms with Gasteiger partial charge in [-0.05, 0) is 48.7 Å². The predicted molar refractivity (Wildman–Crippen MR) is 83.1 cm³/mol. The Morgan fingerprint density at radius 2 is 1.80 bits per heavy atom. The number of thioether (sulfide) groups is 1. The summed E-state index contributed by atoms with van der Waals surface area (Å²) in [6.07, 6.45) is 1.90. The van der Waals surface area contributed by atoms with Crippen LogP contribution in [0.4, 0.5) is 10.1 Å². The molecule has 7 heteroatoms. The van der Waals surface area contributed by atoms with Crippen LogP contribution >= 0.6 is 27.7 Å². The molecule has 0 bridgehead atoms. The van der Waals surface area contributed by atoms with Gasteiger partial charge in [0.2, 0.25) is 0 Å². The molecule has 2 aromatic rings. The Hall–Kier alpha value is -1.05. The van der Waals surface area contributed by atoms with E-state index in [1.54, 1.807) is 18.2 Å². The van der Waals surface area contributed by atoms with Crippen LogP contribution in [0, 0.1) is 5.82 Å². The van der Waals surface area contributed by atoms with Crippen molar-refractivity contribution in [3.8, 4) is 0 Å². The lowest BCUT2D eigenvalue weighted by atomic mass is 10.3. The van der Waals surface area contributed by atoms with E-state index in [1.807, 2.05) is 6.26 Å². The maximum atomic E-state index is 13.7. The first kappa shape index (κ1) is 15.3. The second-order valence-electron chi connectivity index (χ2n) is 3.91. The lowest BCUT2D eigenvalue weighted by Crippen LogP contribution is -2.13. The van der Waals surface area contributed by atoms with Crippen LogP contribution in [0.3, 0.4) is 0 Å². The molecule has 106 valence electrons. The van der Waals surface area contributed by atoms with E-state index in [4.69, 9.17) is 0 Å². The van der Waals surface area contributed by atoms with Crippen molar-refractivity contribution >= 4 is 43.4 Å². The van der Waals surface area contributed by atoms with E-state index in [1.165, 1.54) is 36.0 Å². The van der Waals surface area contributed by atoms with Crippen molar-refractivity contribution in [2.45, 2.75) is 9.79 Å². The molecule has 2 rings (SSSR count). The Morgan fingerprint density at radius 3 is 2.35 bits per heavy atom. The lowest BCUT2D eigenvalue weighted by Gasteiger charge is -2.09. The number of rotatable bonds is 4. The number of halogens is 2. The number of benzene rings is 2. The molecule has 0 spiro atoms. The van der Waals surface area contributed by atoms with Crippen molar-refractivity contribution in [2.24, 2.45) is 0 Å². The lowest BCUT2D eigenvalue weighted by molar-refractivity contribution is 0.598. The molecule has 3 nitrogen and oxygen atoms in total. The Morgan fingerprint density at radius 1 is 1.15 bits per heavy atom. The molecule has 0 fully saturated rings. The van der Waals surface area contributed by atoms with Gasteiger partial charge >= 0.3 is 0 Å². The summed E-state index contributed by atoms with van der Waals surface area (Å²) in [4.78, 5) is 1.05. The van der Waals surface area contributed by atoms with Crippen LogP contribution in [0.15, 0.2) is 56.7 Å². The third-order valence-corrected chi connectivity index (χ3v) is 5.16. The van der Waals surface area contributed by atoms with Crippen LogP contribution in [-0.2, 0) is 10.0 Å². The fourth-order valence-electron chi connectivity index (χ4n) is 1.53. The largest absolute Gasteiger partial charge is 0.277 e. The predicted octanol–water partition coefficient (Wildman–Crippen LogP) is 4.11. The van der Waals surface area contributed by atoms with Crippen LogP contribution < -0.4 is 4.72 Å². The maximum Gasteiger partial charge on any atom is 0.261 e. The Labute approximate surface area is 129 Å². The number of hydrogen-bond donors (Lipinski definition) is 1. The molecule has 0 saturated heterocycles. The summed E-state index contributed by atoms with van der Waals surface area (Å²) in [5.41, 5.74) is -0.0813. The summed E-state index contributed by atoms with van der Waals surface area (Å²) in [6.45, 7) is 0. The zero-order chi connectivity index (χ0) is 14.8. The smallest absolute Gasteiger partial charge is 0.261 e. The van der Waals surface area contributed by atoms with Gasteiger partial charge in [-0.3, -0.25) is 4.72 Å². The molecule has 0 heterocycles. The van der Waals surface area contributed by atoms with E-state index >= 15 is 0 Å². The third kappa shape index (κ3) is 3.53. The average molecular weight is 376 g/mol. The SMILES string of the molecule is CSc1ccc(S(=O)(=O)Nc2ccc(Br)cc2F)cc1. The first-order valence-electron chi connectivity index (χ1n) is 5.54. The summed E-state index contributed by atoms with van der Waals surface area (Å²) in [5.74, 6) is -0.635. The summed E-state index contributed by atoms with van der Waals surface area (Å²) in [6, 6.07) is 10.5. The zero-order valence-electron chi connectivity index (χ0n) is 10.4. The van der Waals surface area contributed by atoms with Crippen LogP contribution in [0.25, 0.3) is 0 Å². The van der Waals surface area contributed by atoms with Gasteiger partial charge in [-0.2, -0.15) is 0 Å². The van der Waals surface area contributed by atoms with Gasteiger partial charge in [-0.1, -0.05) is 15.9 Å². The molecule has 1 N–H and O–H groups in total. The minimum absolute atomic E-state index is 0.0813. The van der Waals surface area contributed by atoms with E-state index in [2.05, 4.69) is 20.7 Å². The molecule has 0 unspecified atom stereocenters. The molecule has 2 aromatic carbocycles. The highest BCUT2D eigenvalue weighted by molar-refractivity contribution is 9.10. The highest BCUT2D eigenvalue weighted by atomic mass is 79.9. The van der Waals surface area contributed by atoms with E-state index in [9.17, 15) is 12.8 Å². The quantitative estimate of drug-likeness (QED) is 0.817. The summed E-state index contributed by atoms with van der Waals surface area (Å²) < 4.78 is 40.7. The minimum atomic E-state index is -3.79. The van der Waals surface area contributed by atoms with Gasteiger partial charge in [-0.15, -0.1) is 11.8 Å². The van der Waals surface area contributed by atoms with Gasteiger partial charge in [0.15, 0.2) is 0 Å². The highest BCUT2D eigenvalue weighted by Crippen LogP contribution is 2.23. The second-order valence-corrected chi connectivity index (χ2v) is 7.38. The van der Waals surface area contributed by atoms with E-state index in [0.717, 1.165) is 4.90 Å². The fourth-order valence-corrected chi connectivity index (χ4v) is 3.34. The summed E-state index contributed by atoms with van der Waals surface area (Å²) >= 11 is 4.63. The first-order chi connectivity index (χ1) is 9.42. The summed E-state index contributed by atoms with van der Waals surface area (Å²) in [7, 11) is -3.79. The molecule has 0 aliphatic rings. The van der Waals surface area contributed by atoms with Crippen LogP contribution in [-0.4, -0.2) is 14.7 Å². The molecule has 0 aromatic heterocycles. The number of hydrogen-bond acceptors (Lipinski definition) is 3. The second kappa shape index (κ2) is 6.15. The van der Waals surface area contributed by atoms with Crippen LogP contribution in [0.5, 0.6) is 0 Å². The molecular formula is C13H11BrFNO2S2. The van der Waals surface area contributed by atoms with Gasteiger partial charge in [0.05, 0.1) is 10.6 Å². The van der Waals surface area contributed by atoms with Crippen molar-refractivity contribution in [3.05, 3.63) is 52.8 Å². The minimum Gasteiger partial charge on any atom is -0.277 e. The molecule has 0 aliphatic heterocycles. The standard InChI is InChI=1S/C13H11BrFNO2S2/c1-19-10-3-5-11(6-4-10)20(17,18)16-13-7-2-9(14)8-12(13)15/h2-8,16H,1H3. The van der Waals surface area contributed by atoms with Crippen LogP contribution in [0.2, 0.25) is 0 Å². The maximum absolute atomic E-state index is 13.7. The molecule has 0 aliphatic carbocycles. The van der Waals surface area contributed by atoms with Gasteiger partial charge in [-0.25, -0.2) is 12.8 Å². The Balaban J connectivity index is 2.30. The van der Waals surface area contributed by atoms with E-state index < -0.39 is 15.8 Å². The molecule has 0 radical (unpaired) electrons. The van der Waals surface area contributed by atoms with Crippen molar-refractivity contribution < 1.29 is 12.8 Å². The molecule has 0 saturated carbocycles. The molecule has 20 heavy (non-hydrogen) atoms. The fraction of sp³-hybridized carbons (Fsp3) is 0.0769. The first-order valence-corrected chi connectivity index (χ1v) is 9.04. The Bertz CT molecular complexity index is 718. The van der Waals surface area contributed by atoms with Gasteiger partial charge in [0.1, 0.15) is 5.82 Å².